The molecule has 0 aromatic carbocycles. The van der Waals surface area contributed by atoms with E-state index in [0.29, 0.717) is 22.8 Å². The van der Waals surface area contributed by atoms with Crippen molar-refractivity contribution in [2.45, 2.75) is 25.0 Å². The molecule has 0 bridgehead atoms. The predicted octanol–water partition coefficient (Wildman–Crippen LogP) is 1.78. The molecule has 0 aliphatic carbocycles. The Hall–Kier alpha value is -1.51. The molecule has 0 spiro atoms. The van der Waals surface area contributed by atoms with Crippen LogP contribution in [0.3, 0.4) is 0 Å². The molecule has 1 unspecified atom stereocenters. The smallest absolute Gasteiger partial charge is 0.255 e. The first kappa shape index (κ1) is 15.9. The summed E-state index contributed by atoms with van der Waals surface area (Å²) in [5.41, 5.74) is 1.25. The topological polar surface area (TPSA) is 53.4 Å². The summed E-state index contributed by atoms with van der Waals surface area (Å²) in [6.07, 6.45) is 4.73. The first-order valence-electron chi connectivity index (χ1n) is 7.21. The molecule has 5 heteroatoms. The first-order valence-corrected chi connectivity index (χ1v) is 8.25. The number of hydrogen-bond donors (Lipinski definition) is 1. The monoisotopic (exact) mass is 304 g/mol. The van der Waals surface area contributed by atoms with Crippen LogP contribution in [0.1, 0.15) is 35.7 Å². The van der Waals surface area contributed by atoms with Gasteiger partial charge in [-0.2, -0.15) is 11.8 Å². The molecule has 2 rings (SSSR count). The van der Waals surface area contributed by atoms with Crippen LogP contribution in [0.5, 0.6) is 0 Å². The Bertz CT molecular complexity index is 551. The molecule has 1 saturated heterocycles. The van der Waals surface area contributed by atoms with E-state index < -0.39 is 0 Å². The van der Waals surface area contributed by atoms with Crippen molar-refractivity contribution in [3.63, 3.8) is 0 Å². The summed E-state index contributed by atoms with van der Waals surface area (Å²) in [7, 11) is 0. The highest BCUT2D eigenvalue weighted by Gasteiger charge is 2.25. The van der Waals surface area contributed by atoms with Crippen LogP contribution < -0.4 is 0 Å². The van der Waals surface area contributed by atoms with Gasteiger partial charge in [0.05, 0.1) is 17.7 Å². The Labute approximate surface area is 129 Å². The fraction of sp³-hybridized carbons (Fsp3) is 0.500. The summed E-state index contributed by atoms with van der Waals surface area (Å²) in [5.74, 6) is 6.81. The van der Waals surface area contributed by atoms with E-state index in [9.17, 15) is 4.79 Å². The highest BCUT2D eigenvalue weighted by Crippen LogP contribution is 2.23. The number of nitrogens with zero attached hydrogens (tertiary/aromatic N) is 2. The van der Waals surface area contributed by atoms with Crippen molar-refractivity contribution in [3.8, 4) is 11.8 Å². The molecule has 1 fully saturated rings. The van der Waals surface area contributed by atoms with Crippen LogP contribution in [-0.4, -0.2) is 51.6 Å². The van der Waals surface area contributed by atoms with E-state index in [1.54, 1.807) is 18.5 Å². The van der Waals surface area contributed by atoms with E-state index in [4.69, 9.17) is 5.11 Å². The number of carbonyl (C=O) groups is 1. The molecule has 1 aliphatic heterocycles. The molecule has 112 valence electrons. The highest BCUT2D eigenvalue weighted by molar-refractivity contribution is 8.00. The normalized spacial score (nSPS) is 18.0. The van der Waals surface area contributed by atoms with Gasteiger partial charge in [-0.25, -0.2) is 0 Å². The Kier molecular flexibility index (Phi) is 6.09. The van der Waals surface area contributed by atoms with Gasteiger partial charge in [-0.15, -0.1) is 0 Å². The maximum absolute atomic E-state index is 12.7. The Morgan fingerprint density at radius 1 is 1.62 bits per heavy atom. The summed E-state index contributed by atoms with van der Waals surface area (Å²) in [5, 5.41) is 9.31. The summed E-state index contributed by atoms with van der Waals surface area (Å²) >= 11 is 1.94. The van der Waals surface area contributed by atoms with Gasteiger partial charge in [0, 0.05) is 42.9 Å². The maximum atomic E-state index is 12.7. The van der Waals surface area contributed by atoms with Gasteiger partial charge in [0.15, 0.2) is 0 Å². The molecule has 1 aromatic rings. The van der Waals surface area contributed by atoms with Gasteiger partial charge in [0.2, 0.25) is 0 Å². The van der Waals surface area contributed by atoms with Gasteiger partial charge in [0.1, 0.15) is 0 Å². The number of pyridine rings is 1. The number of hydrogen-bond acceptors (Lipinski definition) is 4. The third kappa shape index (κ3) is 4.23. The standard InChI is InChI=1S/C16H20N2O2S/c1-2-14-12-18(8-10-21-14)16(20)15-6-7-17-11-13(15)5-3-4-9-19/h6-7,11,14,19H,2,4,8-10,12H2,1H3. The Balaban J connectivity index is 2.17. The lowest BCUT2D eigenvalue weighted by Gasteiger charge is -2.32. The van der Waals surface area contributed by atoms with Crippen LogP contribution in [0.4, 0.5) is 0 Å². The first-order chi connectivity index (χ1) is 10.3. The van der Waals surface area contributed by atoms with Gasteiger partial charge < -0.3 is 10.0 Å². The van der Waals surface area contributed by atoms with Crippen molar-refractivity contribution in [1.82, 2.24) is 9.88 Å². The molecular weight excluding hydrogens is 284 g/mol. The van der Waals surface area contributed by atoms with Crippen LogP contribution in [0.2, 0.25) is 0 Å². The SMILES string of the molecule is CCC1CN(C(=O)c2ccncc2C#CCCO)CCS1. The number of amides is 1. The van der Waals surface area contributed by atoms with Crippen molar-refractivity contribution in [2.75, 3.05) is 25.4 Å². The molecule has 2 heterocycles. The molecule has 21 heavy (non-hydrogen) atoms. The van der Waals surface area contributed by atoms with E-state index >= 15 is 0 Å². The molecule has 1 aliphatic rings. The molecule has 1 amide bonds. The lowest BCUT2D eigenvalue weighted by atomic mass is 10.1. The molecule has 0 radical (unpaired) electrons. The summed E-state index contributed by atoms with van der Waals surface area (Å²) in [6, 6.07) is 1.73. The fourth-order valence-corrected chi connectivity index (χ4v) is 3.40. The number of aliphatic hydroxyl groups is 1. The number of aliphatic hydroxyl groups excluding tert-OH is 1. The van der Waals surface area contributed by atoms with E-state index in [2.05, 4.69) is 23.7 Å². The number of rotatable bonds is 3. The van der Waals surface area contributed by atoms with Crippen LogP contribution in [0, 0.1) is 11.8 Å². The van der Waals surface area contributed by atoms with Crippen molar-refractivity contribution < 1.29 is 9.90 Å². The fourth-order valence-electron chi connectivity index (χ4n) is 2.22. The van der Waals surface area contributed by atoms with Crippen molar-refractivity contribution in [2.24, 2.45) is 0 Å². The van der Waals surface area contributed by atoms with Crippen molar-refractivity contribution in [1.29, 1.82) is 0 Å². The van der Waals surface area contributed by atoms with Crippen LogP contribution in [-0.2, 0) is 0 Å². The summed E-state index contributed by atoms with van der Waals surface area (Å²) < 4.78 is 0. The zero-order chi connectivity index (χ0) is 15.1. The van der Waals surface area contributed by atoms with E-state index in [0.717, 1.165) is 25.3 Å². The Morgan fingerprint density at radius 3 is 3.24 bits per heavy atom. The zero-order valence-electron chi connectivity index (χ0n) is 12.2. The number of aromatic nitrogens is 1. The number of thioether (sulfide) groups is 1. The molecule has 1 aromatic heterocycles. The Morgan fingerprint density at radius 2 is 2.48 bits per heavy atom. The van der Waals surface area contributed by atoms with Crippen LogP contribution in [0.25, 0.3) is 0 Å². The van der Waals surface area contributed by atoms with Gasteiger partial charge in [-0.05, 0) is 12.5 Å². The minimum Gasteiger partial charge on any atom is -0.395 e. The van der Waals surface area contributed by atoms with Crippen LogP contribution in [0.15, 0.2) is 18.5 Å². The minimum atomic E-state index is 0.0259. The van der Waals surface area contributed by atoms with E-state index in [1.165, 1.54) is 0 Å². The largest absolute Gasteiger partial charge is 0.395 e. The van der Waals surface area contributed by atoms with Gasteiger partial charge in [-0.3, -0.25) is 9.78 Å². The minimum absolute atomic E-state index is 0.0259. The molecule has 1 N–H and O–H groups in total. The molecule has 4 nitrogen and oxygen atoms in total. The van der Waals surface area contributed by atoms with E-state index in [-0.39, 0.29) is 12.5 Å². The summed E-state index contributed by atoms with van der Waals surface area (Å²) in [4.78, 5) is 18.6. The van der Waals surface area contributed by atoms with Gasteiger partial charge in [-0.1, -0.05) is 18.8 Å². The third-order valence-corrected chi connectivity index (χ3v) is 4.76. The van der Waals surface area contributed by atoms with E-state index in [1.807, 2.05) is 16.7 Å². The average molecular weight is 304 g/mol. The van der Waals surface area contributed by atoms with Crippen LogP contribution >= 0.6 is 11.8 Å². The molecule has 0 saturated carbocycles. The second kappa shape index (κ2) is 8.06. The molecular formula is C16H20N2O2S. The van der Waals surface area contributed by atoms with Crippen molar-refractivity contribution >= 4 is 17.7 Å². The second-order valence-electron chi connectivity index (χ2n) is 4.85. The van der Waals surface area contributed by atoms with Crippen molar-refractivity contribution in [3.05, 3.63) is 29.6 Å². The molecule has 1 atom stereocenters. The quantitative estimate of drug-likeness (QED) is 0.865. The maximum Gasteiger partial charge on any atom is 0.255 e. The number of carbonyl (C=O) groups excluding carboxylic acids is 1. The van der Waals surface area contributed by atoms with Gasteiger partial charge >= 0.3 is 0 Å². The highest BCUT2D eigenvalue weighted by atomic mass is 32.2. The lowest BCUT2D eigenvalue weighted by molar-refractivity contribution is 0.0760. The lowest BCUT2D eigenvalue weighted by Crippen LogP contribution is -2.42. The third-order valence-electron chi connectivity index (χ3n) is 3.39. The van der Waals surface area contributed by atoms with Gasteiger partial charge in [0.25, 0.3) is 5.91 Å². The summed E-state index contributed by atoms with van der Waals surface area (Å²) in [6.45, 7) is 3.76. The average Bonchev–Trinajstić information content (AvgIpc) is 2.55. The second-order valence-corrected chi connectivity index (χ2v) is 6.26. The predicted molar refractivity (Wildman–Crippen MR) is 85.3 cm³/mol. The zero-order valence-corrected chi connectivity index (χ0v) is 13.0.